The minimum Gasteiger partial charge on any atom is -0.493 e. The van der Waals surface area contributed by atoms with Crippen LogP contribution in [0.1, 0.15) is 42.9 Å². The van der Waals surface area contributed by atoms with Crippen LogP contribution < -0.4 is 10.1 Å². The SMILES string of the molecule is CCCC[PH](=O)Cc1ccc(NC(=O)C2=Cc3cc(-c4ccc(C)cc4)ccc3OCC2)cc1. The Balaban J connectivity index is 1.47. The van der Waals surface area contributed by atoms with E-state index in [1.165, 1.54) is 5.56 Å². The predicted molar refractivity (Wildman–Crippen MR) is 142 cm³/mol. The molecule has 1 heterocycles. The molecule has 176 valence electrons. The Morgan fingerprint density at radius 2 is 1.74 bits per heavy atom. The highest BCUT2D eigenvalue weighted by Gasteiger charge is 2.16. The first-order valence-electron chi connectivity index (χ1n) is 12.0. The standard InChI is InChI=1S/C29H32NO3P/c1-3-4-17-34(32)20-22-7-12-27(13-8-22)30-29(31)25-15-16-33-28-14-11-24(18-26(28)19-25)23-9-5-21(2)6-10-23/h5-14,18-19,34H,3-4,15-17,20H2,1-2H3,(H,30,31). The lowest BCUT2D eigenvalue weighted by Gasteiger charge is -2.09. The van der Waals surface area contributed by atoms with Gasteiger partial charge in [-0.15, -0.1) is 0 Å². The minimum absolute atomic E-state index is 0.124. The number of ether oxygens (including phenoxy) is 1. The summed E-state index contributed by atoms with van der Waals surface area (Å²) < 4.78 is 18.1. The summed E-state index contributed by atoms with van der Waals surface area (Å²) in [6.45, 7) is 4.65. The summed E-state index contributed by atoms with van der Waals surface area (Å²) in [5, 5.41) is 3.00. The lowest BCUT2D eigenvalue weighted by Crippen LogP contribution is -2.15. The fourth-order valence-corrected chi connectivity index (χ4v) is 5.65. The Morgan fingerprint density at radius 1 is 1.00 bits per heavy atom. The van der Waals surface area contributed by atoms with Crippen LogP contribution in [0, 0.1) is 6.92 Å². The number of benzene rings is 3. The Hall–Kier alpha value is -3.10. The van der Waals surface area contributed by atoms with Gasteiger partial charge in [0.2, 0.25) is 0 Å². The van der Waals surface area contributed by atoms with Gasteiger partial charge in [-0.25, -0.2) is 0 Å². The number of aryl methyl sites for hydroxylation is 1. The highest BCUT2D eigenvalue weighted by atomic mass is 31.1. The minimum atomic E-state index is -1.57. The predicted octanol–water partition coefficient (Wildman–Crippen LogP) is 7.33. The summed E-state index contributed by atoms with van der Waals surface area (Å²) in [7, 11) is -1.57. The van der Waals surface area contributed by atoms with E-state index >= 15 is 0 Å². The lowest BCUT2D eigenvalue weighted by molar-refractivity contribution is -0.113. The summed E-state index contributed by atoms with van der Waals surface area (Å²) in [5.41, 5.74) is 6.84. The van der Waals surface area contributed by atoms with Crippen molar-refractivity contribution >= 4 is 25.5 Å². The number of rotatable bonds is 8. The molecule has 0 bridgehead atoms. The van der Waals surface area contributed by atoms with Crippen LogP contribution in [0.2, 0.25) is 0 Å². The van der Waals surface area contributed by atoms with Crippen LogP contribution >= 0.6 is 7.80 Å². The maximum atomic E-state index is 13.0. The molecule has 34 heavy (non-hydrogen) atoms. The van der Waals surface area contributed by atoms with E-state index in [4.69, 9.17) is 4.74 Å². The van der Waals surface area contributed by atoms with E-state index in [1.807, 2.05) is 36.4 Å². The number of anilines is 1. The molecule has 0 aliphatic carbocycles. The maximum absolute atomic E-state index is 13.0. The van der Waals surface area contributed by atoms with Gasteiger partial charge in [0.15, 0.2) is 0 Å². The number of nitrogens with one attached hydrogen (secondary N) is 1. The molecular formula is C29H32NO3P. The Morgan fingerprint density at radius 3 is 2.47 bits per heavy atom. The summed E-state index contributed by atoms with van der Waals surface area (Å²) in [4.78, 5) is 13.0. The van der Waals surface area contributed by atoms with E-state index in [0.29, 0.717) is 24.8 Å². The van der Waals surface area contributed by atoms with Crippen LogP contribution in [0.5, 0.6) is 5.75 Å². The van der Waals surface area contributed by atoms with Crippen LogP contribution in [0.4, 0.5) is 5.69 Å². The number of unbranched alkanes of at least 4 members (excludes halogenated alkanes) is 1. The van der Waals surface area contributed by atoms with E-state index in [-0.39, 0.29) is 5.91 Å². The van der Waals surface area contributed by atoms with Gasteiger partial charge in [-0.2, -0.15) is 0 Å². The number of amides is 1. The quantitative estimate of drug-likeness (QED) is 0.349. The third kappa shape index (κ3) is 6.27. The topological polar surface area (TPSA) is 55.4 Å². The van der Waals surface area contributed by atoms with Crippen LogP contribution in [0.25, 0.3) is 17.2 Å². The van der Waals surface area contributed by atoms with E-state index in [1.54, 1.807) is 0 Å². The van der Waals surface area contributed by atoms with Gasteiger partial charge in [0, 0.05) is 29.4 Å². The first kappa shape index (κ1) is 24.0. The third-order valence-corrected chi connectivity index (χ3v) is 7.78. The zero-order valence-corrected chi connectivity index (χ0v) is 20.9. The molecule has 1 amide bonds. The molecule has 3 aromatic rings. The fraction of sp³-hybridized carbons (Fsp3) is 0.276. The average molecular weight is 474 g/mol. The molecule has 1 unspecified atom stereocenters. The third-order valence-electron chi connectivity index (χ3n) is 6.07. The molecule has 4 nitrogen and oxygen atoms in total. The molecular weight excluding hydrogens is 441 g/mol. The van der Waals surface area contributed by atoms with Crippen molar-refractivity contribution in [2.45, 2.75) is 39.3 Å². The molecule has 0 spiro atoms. The number of hydrogen-bond acceptors (Lipinski definition) is 3. The molecule has 0 saturated carbocycles. The molecule has 1 aliphatic rings. The summed E-state index contributed by atoms with van der Waals surface area (Å²) in [6.07, 6.45) is 5.99. The van der Waals surface area contributed by atoms with Gasteiger partial charge in [-0.1, -0.05) is 61.4 Å². The van der Waals surface area contributed by atoms with Crippen molar-refractivity contribution in [3.8, 4) is 16.9 Å². The second-order valence-electron chi connectivity index (χ2n) is 8.86. The van der Waals surface area contributed by atoms with Crippen molar-refractivity contribution in [3.05, 3.63) is 89.0 Å². The zero-order chi connectivity index (χ0) is 23.9. The van der Waals surface area contributed by atoms with Crippen molar-refractivity contribution in [2.24, 2.45) is 0 Å². The van der Waals surface area contributed by atoms with Crippen LogP contribution in [0.15, 0.2) is 72.3 Å². The molecule has 1 N–H and O–H groups in total. The number of fused-ring (bicyclic) bond motifs is 1. The van der Waals surface area contributed by atoms with E-state index in [0.717, 1.165) is 52.7 Å². The first-order valence-corrected chi connectivity index (χ1v) is 13.8. The number of carbonyl (C=O) groups is 1. The average Bonchev–Trinajstić information content (AvgIpc) is 3.06. The van der Waals surface area contributed by atoms with Crippen LogP contribution in [-0.2, 0) is 15.5 Å². The smallest absolute Gasteiger partial charge is 0.251 e. The van der Waals surface area contributed by atoms with Gasteiger partial charge in [0.1, 0.15) is 5.75 Å². The molecule has 0 saturated heterocycles. The molecule has 0 fully saturated rings. The highest BCUT2D eigenvalue weighted by molar-refractivity contribution is 7.43. The molecule has 0 radical (unpaired) electrons. The van der Waals surface area contributed by atoms with Gasteiger partial charge in [-0.3, -0.25) is 4.79 Å². The summed E-state index contributed by atoms with van der Waals surface area (Å²) in [6, 6.07) is 22.2. The maximum Gasteiger partial charge on any atom is 0.251 e. The van der Waals surface area contributed by atoms with E-state index in [9.17, 15) is 9.36 Å². The number of hydrogen-bond donors (Lipinski definition) is 1. The molecule has 1 atom stereocenters. The van der Waals surface area contributed by atoms with Crippen molar-refractivity contribution in [2.75, 3.05) is 18.1 Å². The number of carbonyl (C=O) groups excluding carboxylic acids is 1. The molecule has 3 aromatic carbocycles. The molecule has 0 aromatic heterocycles. The van der Waals surface area contributed by atoms with Crippen LogP contribution in [0.3, 0.4) is 0 Å². The second-order valence-corrected chi connectivity index (χ2v) is 10.8. The van der Waals surface area contributed by atoms with E-state index in [2.05, 4.69) is 55.6 Å². The van der Waals surface area contributed by atoms with Crippen molar-refractivity contribution < 1.29 is 14.1 Å². The van der Waals surface area contributed by atoms with Gasteiger partial charge in [-0.05, 0) is 66.5 Å². The van der Waals surface area contributed by atoms with Crippen molar-refractivity contribution in [3.63, 3.8) is 0 Å². The largest absolute Gasteiger partial charge is 0.493 e. The lowest BCUT2D eigenvalue weighted by atomic mass is 10.00. The van der Waals surface area contributed by atoms with Crippen LogP contribution in [-0.4, -0.2) is 18.7 Å². The van der Waals surface area contributed by atoms with Gasteiger partial charge < -0.3 is 14.6 Å². The summed E-state index contributed by atoms with van der Waals surface area (Å²) in [5.74, 6) is 0.669. The molecule has 4 rings (SSSR count). The molecule has 5 heteroatoms. The van der Waals surface area contributed by atoms with E-state index < -0.39 is 7.80 Å². The van der Waals surface area contributed by atoms with Crippen molar-refractivity contribution in [1.82, 2.24) is 0 Å². The van der Waals surface area contributed by atoms with Gasteiger partial charge >= 0.3 is 0 Å². The first-order chi connectivity index (χ1) is 16.5. The Bertz CT molecular complexity index is 1200. The zero-order valence-electron chi connectivity index (χ0n) is 19.9. The second kappa shape index (κ2) is 11.4. The van der Waals surface area contributed by atoms with Gasteiger partial charge in [0.25, 0.3) is 5.91 Å². The highest BCUT2D eigenvalue weighted by Crippen LogP contribution is 2.32. The monoisotopic (exact) mass is 473 g/mol. The summed E-state index contributed by atoms with van der Waals surface area (Å²) >= 11 is 0. The fourth-order valence-electron chi connectivity index (χ4n) is 4.04. The van der Waals surface area contributed by atoms with Crippen molar-refractivity contribution in [1.29, 1.82) is 0 Å². The molecule has 1 aliphatic heterocycles. The Kier molecular flexibility index (Phi) is 8.03. The van der Waals surface area contributed by atoms with Gasteiger partial charge in [0.05, 0.1) is 14.4 Å². The Labute approximate surface area is 202 Å². The normalized spacial score (nSPS) is 13.8.